The Balaban J connectivity index is 0.000000963. The monoisotopic (exact) mass is 332 g/mol. The summed E-state index contributed by atoms with van der Waals surface area (Å²) in [5, 5.41) is 9.31. The molecule has 1 heterocycles. The van der Waals surface area contributed by atoms with Crippen molar-refractivity contribution in [2.45, 2.75) is 44.1 Å². The maximum atomic E-state index is 9.31. The average Bonchev–Trinajstić information content (AvgIpc) is 2.75. The summed E-state index contributed by atoms with van der Waals surface area (Å²) in [6, 6.07) is 2.60. The number of rotatable bonds is 1. The lowest BCUT2D eigenvalue weighted by Crippen LogP contribution is -3.00. The van der Waals surface area contributed by atoms with Crippen LogP contribution in [0.5, 0.6) is 0 Å². The molecular weight excluding hydrogens is 311 g/mol. The maximum Gasteiger partial charge on any atom is 0.118 e. The summed E-state index contributed by atoms with van der Waals surface area (Å²) in [7, 11) is 2.43. The van der Waals surface area contributed by atoms with Crippen LogP contribution in [0.2, 0.25) is 0 Å². The Bertz CT molecular complexity index is 316. The van der Waals surface area contributed by atoms with Crippen LogP contribution in [0.15, 0.2) is 0 Å². The summed E-state index contributed by atoms with van der Waals surface area (Å²) < 4.78 is 1.23. The quantitative estimate of drug-likeness (QED) is 0.461. The minimum atomic E-state index is 0. The molecular formula is C13H21IN2. The van der Waals surface area contributed by atoms with E-state index >= 15 is 0 Å². The van der Waals surface area contributed by atoms with Gasteiger partial charge in [0.15, 0.2) is 0 Å². The molecule has 2 nitrogen and oxygen atoms in total. The molecule has 0 spiro atoms. The molecule has 16 heavy (non-hydrogen) atoms. The third-order valence-corrected chi connectivity index (χ3v) is 5.67. The Hall–Kier alpha value is 0.180. The van der Waals surface area contributed by atoms with Crippen molar-refractivity contribution in [1.29, 1.82) is 5.26 Å². The third kappa shape index (κ3) is 1.32. The summed E-state index contributed by atoms with van der Waals surface area (Å²) in [5.74, 6) is 1.25. The van der Waals surface area contributed by atoms with Crippen molar-refractivity contribution in [3.63, 3.8) is 0 Å². The molecule has 1 saturated heterocycles. The molecule has 3 atom stereocenters. The number of hydrogen-bond acceptors (Lipinski definition) is 1. The van der Waals surface area contributed by atoms with Crippen molar-refractivity contribution in [2.24, 2.45) is 11.8 Å². The molecule has 3 unspecified atom stereocenters. The molecule has 0 aromatic carbocycles. The normalized spacial score (nSPS) is 44.0. The highest BCUT2D eigenvalue weighted by molar-refractivity contribution is 5.16. The lowest BCUT2D eigenvalue weighted by atomic mass is 9.58. The number of nitriles is 1. The predicted molar refractivity (Wildman–Crippen MR) is 58.9 cm³/mol. The molecule has 90 valence electrons. The molecule has 0 aromatic rings. The summed E-state index contributed by atoms with van der Waals surface area (Å²) in [6.07, 6.45) is 8.05. The molecule has 0 bridgehead atoms. The molecule has 2 saturated carbocycles. The van der Waals surface area contributed by atoms with Crippen LogP contribution in [0.3, 0.4) is 0 Å². The van der Waals surface area contributed by atoms with Crippen molar-refractivity contribution in [1.82, 2.24) is 0 Å². The van der Waals surface area contributed by atoms with Crippen molar-refractivity contribution < 1.29 is 28.5 Å². The second kappa shape index (κ2) is 4.13. The number of halogens is 1. The fourth-order valence-electron chi connectivity index (χ4n) is 4.90. The number of hydrogen-bond donors (Lipinski definition) is 0. The van der Waals surface area contributed by atoms with Gasteiger partial charge in [0.25, 0.3) is 0 Å². The maximum absolute atomic E-state index is 9.31. The first-order chi connectivity index (χ1) is 7.23. The summed E-state index contributed by atoms with van der Waals surface area (Å²) in [6.45, 7) is 2.66. The van der Waals surface area contributed by atoms with Crippen LogP contribution in [0.1, 0.15) is 38.5 Å². The van der Waals surface area contributed by atoms with E-state index in [4.69, 9.17) is 0 Å². The van der Waals surface area contributed by atoms with Crippen LogP contribution >= 0.6 is 0 Å². The Morgan fingerprint density at radius 2 is 1.94 bits per heavy atom. The van der Waals surface area contributed by atoms with Crippen molar-refractivity contribution in [3.05, 3.63) is 0 Å². The average molecular weight is 332 g/mol. The molecule has 3 rings (SSSR count). The number of quaternary nitrogens is 1. The van der Waals surface area contributed by atoms with E-state index in [2.05, 4.69) is 13.1 Å². The van der Waals surface area contributed by atoms with Gasteiger partial charge in [-0.25, -0.2) is 0 Å². The number of likely N-dealkylation sites (tertiary alicyclic amines) is 1. The standard InChI is InChI=1S/C13H21N2.HI/c1-15(7-2-3-8-15)13-6-4-5-11(13)9-12(13)10-14;/h11-12H,2-9H2,1H3;1H/q+1;/p-1. The second-order valence-corrected chi connectivity index (χ2v) is 6.05. The predicted octanol–water partition coefficient (Wildman–Crippen LogP) is -0.687. The van der Waals surface area contributed by atoms with E-state index in [1.807, 2.05) is 0 Å². The van der Waals surface area contributed by atoms with Crippen molar-refractivity contribution in [3.8, 4) is 6.07 Å². The Labute approximate surface area is 116 Å². The smallest absolute Gasteiger partial charge is 0.118 e. The van der Waals surface area contributed by atoms with Gasteiger partial charge in [-0.3, -0.25) is 0 Å². The van der Waals surface area contributed by atoms with E-state index in [-0.39, 0.29) is 24.0 Å². The molecule has 0 radical (unpaired) electrons. The first-order valence-electron chi connectivity index (χ1n) is 6.47. The van der Waals surface area contributed by atoms with Crippen LogP contribution in [-0.2, 0) is 0 Å². The Kier molecular flexibility index (Phi) is 3.26. The summed E-state index contributed by atoms with van der Waals surface area (Å²) >= 11 is 0. The van der Waals surface area contributed by atoms with Gasteiger partial charge in [0, 0.05) is 25.2 Å². The molecule has 0 N–H and O–H groups in total. The first-order valence-corrected chi connectivity index (χ1v) is 6.47. The van der Waals surface area contributed by atoms with Crippen LogP contribution in [-0.4, -0.2) is 30.2 Å². The van der Waals surface area contributed by atoms with Crippen molar-refractivity contribution >= 4 is 0 Å². The second-order valence-electron chi connectivity index (χ2n) is 6.05. The zero-order chi connectivity index (χ0) is 10.5. The van der Waals surface area contributed by atoms with E-state index in [9.17, 15) is 5.26 Å². The van der Waals surface area contributed by atoms with Gasteiger partial charge >= 0.3 is 0 Å². The van der Waals surface area contributed by atoms with Gasteiger partial charge in [0.05, 0.1) is 26.2 Å². The minimum absolute atomic E-state index is 0. The number of nitrogens with zero attached hydrogens (tertiary/aromatic N) is 2. The van der Waals surface area contributed by atoms with Gasteiger partial charge in [0.2, 0.25) is 0 Å². The van der Waals surface area contributed by atoms with E-state index in [0.29, 0.717) is 11.5 Å². The van der Waals surface area contributed by atoms with Gasteiger partial charge in [-0.1, -0.05) is 0 Å². The van der Waals surface area contributed by atoms with E-state index < -0.39 is 0 Å². The highest BCUT2D eigenvalue weighted by atomic mass is 127. The van der Waals surface area contributed by atoms with Gasteiger partial charge < -0.3 is 28.5 Å². The van der Waals surface area contributed by atoms with Gasteiger partial charge in [0.1, 0.15) is 11.5 Å². The van der Waals surface area contributed by atoms with Crippen LogP contribution < -0.4 is 24.0 Å². The molecule has 3 heteroatoms. The van der Waals surface area contributed by atoms with Crippen LogP contribution in [0, 0.1) is 23.2 Å². The third-order valence-electron chi connectivity index (χ3n) is 5.67. The minimum Gasteiger partial charge on any atom is -1.00 e. The highest BCUT2D eigenvalue weighted by Crippen LogP contribution is 2.60. The zero-order valence-electron chi connectivity index (χ0n) is 10.1. The van der Waals surface area contributed by atoms with E-state index in [1.165, 1.54) is 56.1 Å². The van der Waals surface area contributed by atoms with Crippen LogP contribution in [0.4, 0.5) is 0 Å². The summed E-state index contributed by atoms with van der Waals surface area (Å²) in [5.41, 5.74) is 0.394. The largest absolute Gasteiger partial charge is 1.00 e. The van der Waals surface area contributed by atoms with Crippen molar-refractivity contribution in [2.75, 3.05) is 20.1 Å². The van der Waals surface area contributed by atoms with E-state index in [0.717, 1.165) is 5.92 Å². The molecule has 0 aromatic heterocycles. The molecule has 0 amide bonds. The molecule has 3 aliphatic rings. The Morgan fingerprint density at radius 1 is 1.25 bits per heavy atom. The topological polar surface area (TPSA) is 23.8 Å². The lowest BCUT2D eigenvalue weighted by Gasteiger charge is -2.59. The SMILES string of the molecule is C[N+]1(C23CCCC2CC3C#N)CCCC1.[I-]. The fraction of sp³-hybridized carbons (Fsp3) is 0.923. The molecule has 1 aliphatic heterocycles. The Morgan fingerprint density at radius 3 is 2.50 bits per heavy atom. The van der Waals surface area contributed by atoms with Gasteiger partial charge in [-0.15, -0.1) is 0 Å². The zero-order valence-corrected chi connectivity index (χ0v) is 12.2. The van der Waals surface area contributed by atoms with Crippen LogP contribution in [0.25, 0.3) is 0 Å². The highest BCUT2D eigenvalue weighted by Gasteiger charge is 2.68. The first kappa shape index (κ1) is 12.6. The van der Waals surface area contributed by atoms with Gasteiger partial charge in [-0.05, 0) is 19.3 Å². The summed E-state index contributed by atoms with van der Waals surface area (Å²) in [4.78, 5) is 0. The molecule has 2 aliphatic carbocycles. The van der Waals surface area contributed by atoms with Gasteiger partial charge in [-0.2, -0.15) is 5.26 Å². The lowest BCUT2D eigenvalue weighted by molar-refractivity contribution is -0.962. The van der Waals surface area contributed by atoms with E-state index in [1.54, 1.807) is 0 Å². The number of fused-ring (bicyclic) bond motifs is 1. The fourth-order valence-corrected chi connectivity index (χ4v) is 4.90. The molecule has 3 fully saturated rings.